The van der Waals surface area contributed by atoms with Crippen LogP contribution in [0, 0.1) is 17.3 Å². The maximum atomic E-state index is 13.3. The second-order valence-corrected chi connectivity index (χ2v) is 9.34. The van der Waals surface area contributed by atoms with Crippen LogP contribution in [0.4, 0.5) is 0 Å². The Morgan fingerprint density at radius 1 is 0.958 bits per heavy atom. The summed E-state index contributed by atoms with van der Waals surface area (Å²) in [5.41, 5.74) is 1.71. The van der Waals surface area contributed by atoms with Gasteiger partial charge in [0.1, 0.15) is 0 Å². The standard InChI is InChI=1S/C22H29NO/c24-20(23-19-8-4-5-9-19)22-13-16-10-17(14-22)12-21(11-16,15-22)18-6-2-1-3-7-18/h1-3,6-7,16-17,19H,4-5,8-15H2,(H,23,24)/t16-,17+,21?,22?. The van der Waals surface area contributed by atoms with Crippen molar-refractivity contribution in [1.82, 2.24) is 5.32 Å². The van der Waals surface area contributed by atoms with E-state index in [4.69, 9.17) is 0 Å². The van der Waals surface area contributed by atoms with E-state index in [0.29, 0.717) is 11.9 Å². The average Bonchev–Trinajstić information content (AvgIpc) is 3.07. The fourth-order valence-electron chi connectivity index (χ4n) is 7.07. The highest BCUT2D eigenvalue weighted by atomic mass is 16.2. The lowest BCUT2D eigenvalue weighted by molar-refractivity contribution is -0.149. The molecular weight excluding hydrogens is 294 g/mol. The van der Waals surface area contributed by atoms with Crippen LogP contribution in [0.5, 0.6) is 0 Å². The van der Waals surface area contributed by atoms with Crippen molar-refractivity contribution in [3.63, 3.8) is 0 Å². The Kier molecular flexibility index (Phi) is 3.34. The molecule has 1 aromatic rings. The number of amides is 1. The fraction of sp³-hybridized carbons (Fsp3) is 0.682. The van der Waals surface area contributed by atoms with Gasteiger partial charge in [0.25, 0.3) is 0 Å². The summed E-state index contributed by atoms with van der Waals surface area (Å²) in [5.74, 6) is 1.94. The summed E-state index contributed by atoms with van der Waals surface area (Å²) in [6.45, 7) is 0. The molecule has 5 aliphatic carbocycles. The van der Waals surface area contributed by atoms with Crippen LogP contribution in [0.3, 0.4) is 0 Å². The van der Waals surface area contributed by atoms with Crippen LogP contribution in [-0.2, 0) is 10.2 Å². The Hall–Kier alpha value is -1.31. The topological polar surface area (TPSA) is 29.1 Å². The highest BCUT2D eigenvalue weighted by Crippen LogP contribution is 2.65. The Balaban J connectivity index is 1.46. The van der Waals surface area contributed by atoms with Crippen LogP contribution in [0.1, 0.15) is 69.8 Å². The van der Waals surface area contributed by atoms with Gasteiger partial charge in [0.15, 0.2) is 0 Å². The lowest BCUT2D eigenvalue weighted by atomic mass is 9.42. The van der Waals surface area contributed by atoms with E-state index in [9.17, 15) is 4.79 Å². The minimum Gasteiger partial charge on any atom is -0.353 e. The predicted octanol–water partition coefficient (Wildman–Crippen LogP) is 4.58. The summed E-state index contributed by atoms with van der Waals surface area (Å²) in [6, 6.07) is 11.6. The minimum absolute atomic E-state index is 0.0669. The van der Waals surface area contributed by atoms with Crippen LogP contribution in [0.25, 0.3) is 0 Å². The van der Waals surface area contributed by atoms with Crippen molar-refractivity contribution in [2.75, 3.05) is 0 Å². The van der Waals surface area contributed by atoms with E-state index in [1.54, 1.807) is 0 Å². The summed E-state index contributed by atoms with van der Waals surface area (Å²) in [7, 11) is 0. The molecule has 24 heavy (non-hydrogen) atoms. The molecule has 128 valence electrons. The van der Waals surface area contributed by atoms with E-state index in [-0.39, 0.29) is 10.8 Å². The van der Waals surface area contributed by atoms with Gasteiger partial charge in [-0.25, -0.2) is 0 Å². The number of hydrogen-bond donors (Lipinski definition) is 1. The highest BCUT2D eigenvalue weighted by molar-refractivity contribution is 5.84. The Morgan fingerprint density at radius 3 is 2.29 bits per heavy atom. The minimum atomic E-state index is -0.0669. The first-order valence-corrected chi connectivity index (χ1v) is 10.0. The first-order valence-electron chi connectivity index (χ1n) is 10.0. The van der Waals surface area contributed by atoms with Crippen molar-refractivity contribution in [2.24, 2.45) is 17.3 Å². The summed E-state index contributed by atoms with van der Waals surface area (Å²) in [6.07, 6.45) is 12.3. The average molecular weight is 323 g/mol. The van der Waals surface area contributed by atoms with E-state index in [1.165, 1.54) is 50.5 Å². The molecule has 0 aromatic heterocycles. The van der Waals surface area contributed by atoms with Crippen LogP contribution in [0.15, 0.2) is 30.3 Å². The lowest BCUT2D eigenvalue weighted by Gasteiger charge is -2.61. The molecule has 0 radical (unpaired) electrons. The zero-order chi connectivity index (χ0) is 16.2. The number of benzene rings is 1. The van der Waals surface area contributed by atoms with Gasteiger partial charge in [0, 0.05) is 6.04 Å². The molecule has 0 saturated heterocycles. The van der Waals surface area contributed by atoms with Crippen molar-refractivity contribution in [3.8, 4) is 0 Å². The third-order valence-electron chi connectivity index (χ3n) is 7.62. The molecule has 5 aliphatic rings. The normalized spacial score (nSPS) is 40.8. The number of carbonyl (C=O) groups excluding carboxylic acids is 1. The molecule has 5 saturated carbocycles. The smallest absolute Gasteiger partial charge is 0.226 e. The highest BCUT2D eigenvalue weighted by Gasteiger charge is 2.60. The third kappa shape index (κ3) is 2.25. The van der Waals surface area contributed by atoms with E-state index >= 15 is 0 Å². The van der Waals surface area contributed by atoms with Crippen molar-refractivity contribution in [1.29, 1.82) is 0 Å². The van der Waals surface area contributed by atoms with Gasteiger partial charge in [-0.3, -0.25) is 4.79 Å². The molecule has 2 heteroatoms. The summed E-state index contributed by atoms with van der Waals surface area (Å²) < 4.78 is 0. The molecule has 1 N–H and O–H groups in total. The Labute approximate surface area is 145 Å². The summed E-state index contributed by atoms with van der Waals surface area (Å²) >= 11 is 0. The van der Waals surface area contributed by atoms with Gasteiger partial charge in [-0.1, -0.05) is 43.2 Å². The van der Waals surface area contributed by atoms with Gasteiger partial charge in [-0.15, -0.1) is 0 Å². The largest absolute Gasteiger partial charge is 0.353 e. The molecule has 4 bridgehead atoms. The molecule has 1 amide bonds. The van der Waals surface area contributed by atoms with Gasteiger partial charge in [-0.05, 0) is 74.2 Å². The van der Waals surface area contributed by atoms with Gasteiger partial charge in [-0.2, -0.15) is 0 Å². The van der Waals surface area contributed by atoms with E-state index in [0.717, 1.165) is 31.1 Å². The monoisotopic (exact) mass is 323 g/mol. The predicted molar refractivity (Wildman–Crippen MR) is 95.6 cm³/mol. The van der Waals surface area contributed by atoms with E-state index in [1.807, 2.05) is 0 Å². The van der Waals surface area contributed by atoms with Crippen molar-refractivity contribution < 1.29 is 4.79 Å². The van der Waals surface area contributed by atoms with Gasteiger partial charge in [0.2, 0.25) is 5.91 Å². The molecule has 0 heterocycles. The first kappa shape index (κ1) is 15.0. The molecule has 5 fully saturated rings. The van der Waals surface area contributed by atoms with Gasteiger partial charge < -0.3 is 5.32 Å². The number of hydrogen-bond acceptors (Lipinski definition) is 1. The molecule has 4 atom stereocenters. The number of nitrogens with one attached hydrogen (secondary N) is 1. The quantitative estimate of drug-likeness (QED) is 0.866. The second-order valence-electron chi connectivity index (χ2n) is 9.34. The molecular formula is C22H29NO. The number of rotatable bonds is 3. The van der Waals surface area contributed by atoms with E-state index in [2.05, 4.69) is 35.6 Å². The molecule has 0 spiro atoms. The maximum absolute atomic E-state index is 13.3. The molecule has 6 rings (SSSR count). The molecule has 2 nitrogen and oxygen atoms in total. The zero-order valence-electron chi connectivity index (χ0n) is 14.6. The third-order valence-corrected chi connectivity index (χ3v) is 7.62. The lowest BCUT2D eigenvalue weighted by Crippen LogP contribution is -2.59. The Morgan fingerprint density at radius 2 is 1.62 bits per heavy atom. The summed E-state index contributed by atoms with van der Waals surface area (Å²) in [4.78, 5) is 13.3. The first-order chi connectivity index (χ1) is 11.7. The number of carbonyl (C=O) groups is 1. The second kappa shape index (κ2) is 5.34. The van der Waals surface area contributed by atoms with Crippen LogP contribution >= 0.6 is 0 Å². The van der Waals surface area contributed by atoms with E-state index < -0.39 is 0 Å². The maximum Gasteiger partial charge on any atom is 0.226 e. The van der Waals surface area contributed by atoms with Crippen LogP contribution in [0.2, 0.25) is 0 Å². The SMILES string of the molecule is O=C(NC1CCCC1)C12C[C@H]3C[C@@H](C1)CC(c1ccccc1)(C3)C2. The van der Waals surface area contributed by atoms with Crippen molar-refractivity contribution >= 4 is 5.91 Å². The van der Waals surface area contributed by atoms with Crippen molar-refractivity contribution in [2.45, 2.75) is 75.7 Å². The fourth-order valence-corrected chi connectivity index (χ4v) is 7.07. The molecule has 1 aromatic carbocycles. The molecule has 0 aliphatic heterocycles. The zero-order valence-corrected chi connectivity index (χ0v) is 14.6. The Bertz CT molecular complexity index is 617. The van der Waals surface area contributed by atoms with Crippen LogP contribution in [-0.4, -0.2) is 11.9 Å². The van der Waals surface area contributed by atoms with Gasteiger partial charge in [0.05, 0.1) is 5.41 Å². The van der Waals surface area contributed by atoms with Crippen LogP contribution < -0.4 is 5.32 Å². The summed E-state index contributed by atoms with van der Waals surface area (Å²) in [5, 5.41) is 3.47. The van der Waals surface area contributed by atoms with Gasteiger partial charge >= 0.3 is 0 Å². The molecule has 2 unspecified atom stereocenters. The van der Waals surface area contributed by atoms with Crippen molar-refractivity contribution in [3.05, 3.63) is 35.9 Å².